The Labute approximate surface area is 125 Å². The summed E-state index contributed by atoms with van der Waals surface area (Å²) in [6, 6.07) is 10.0. The van der Waals surface area contributed by atoms with Crippen LogP contribution in [0.4, 0.5) is 0 Å². The number of carbonyl (C=O) groups excluding carboxylic acids is 1. The van der Waals surface area contributed by atoms with Crippen LogP contribution in [0.15, 0.2) is 59.4 Å². The third-order valence-electron chi connectivity index (χ3n) is 4.01. The van der Waals surface area contributed by atoms with Crippen LogP contribution < -0.4 is 0 Å². The molecule has 2 aliphatic rings. The molecule has 3 rings (SSSR count). The molecule has 0 radical (unpaired) electrons. The summed E-state index contributed by atoms with van der Waals surface area (Å²) in [6.45, 7) is 6.21. The fourth-order valence-electron chi connectivity index (χ4n) is 3.02. The minimum absolute atomic E-state index is 0.0338. The highest BCUT2D eigenvalue weighted by molar-refractivity contribution is 6.03. The van der Waals surface area contributed by atoms with Gasteiger partial charge < -0.3 is 4.74 Å². The molecule has 0 fully saturated rings. The summed E-state index contributed by atoms with van der Waals surface area (Å²) in [5, 5.41) is 0. The van der Waals surface area contributed by atoms with Crippen LogP contribution in [-0.4, -0.2) is 5.78 Å². The molecule has 1 heterocycles. The molecule has 0 N–H and O–H groups in total. The Morgan fingerprint density at radius 2 is 1.86 bits per heavy atom. The molecule has 0 bridgehead atoms. The molecule has 2 heteroatoms. The summed E-state index contributed by atoms with van der Waals surface area (Å²) < 4.78 is 6.09. The molecule has 0 aromatic heterocycles. The Morgan fingerprint density at radius 3 is 2.52 bits per heavy atom. The summed E-state index contributed by atoms with van der Waals surface area (Å²) in [5.74, 6) is 1.84. The van der Waals surface area contributed by atoms with Gasteiger partial charge in [-0.15, -0.1) is 0 Å². The normalized spacial score (nSPS) is 22.7. The Hall–Kier alpha value is -2.09. The average Bonchev–Trinajstić information content (AvgIpc) is 2.45. The van der Waals surface area contributed by atoms with Crippen LogP contribution in [0, 0.1) is 5.41 Å². The van der Waals surface area contributed by atoms with Crippen molar-refractivity contribution in [3.8, 4) is 0 Å². The van der Waals surface area contributed by atoms with Gasteiger partial charge in [-0.3, -0.25) is 4.79 Å². The van der Waals surface area contributed by atoms with Crippen molar-refractivity contribution in [2.75, 3.05) is 0 Å². The van der Waals surface area contributed by atoms with Gasteiger partial charge in [-0.05, 0) is 24.0 Å². The molecule has 108 valence electrons. The van der Waals surface area contributed by atoms with Crippen LogP contribution in [0.2, 0.25) is 0 Å². The second-order valence-corrected chi connectivity index (χ2v) is 6.46. The van der Waals surface area contributed by atoms with Crippen LogP contribution in [0.1, 0.15) is 39.2 Å². The largest absolute Gasteiger partial charge is 0.460 e. The quantitative estimate of drug-likeness (QED) is 0.748. The fourth-order valence-corrected chi connectivity index (χ4v) is 3.02. The third kappa shape index (κ3) is 2.58. The zero-order valence-corrected chi connectivity index (χ0v) is 12.8. The van der Waals surface area contributed by atoms with Crippen LogP contribution in [0.25, 0.3) is 5.76 Å². The van der Waals surface area contributed by atoms with Crippen molar-refractivity contribution in [3.63, 3.8) is 0 Å². The molecular formula is C19H20O2. The van der Waals surface area contributed by atoms with Crippen molar-refractivity contribution >= 4 is 11.5 Å². The summed E-state index contributed by atoms with van der Waals surface area (Å²) in [6.07, 6.45) is 5.36. The van der Waals surface area contributed by atoms with E-state index < -0.39 is 0 Å². The molecule has 2 nitrogen and oxygen atoms in total. The van der Waals surface area contributed by atoms with E-state index in [1.165, 1.54) is 0 Å². The van der Waals surface area contributed by atoms with Gasteiger partial charge in [0, 0.05) is 18.4 Å². The Kier molecular flexibility index (Phi) is 3.32. The predicted octanol–water partition coefficient (Wildman–Crippen LogP) is 4.65. The molecule has 0 unspecified atom stereocenters. The number of benzene rings is 1. The number of allylic oxidation sites excluding steroid dienone is 5. The lowest BCUT2D eigenvalue weighted by molar-refractivity contribution is -0.118. The SMILES string of the molecule is CC=C1C=C(c2ccccc2)OC2=C1C(=O)CC(C)(C)C2. The van der Waals surface area contributed by atoms with Gasteiger partial charge in [0.25, 0.3) is 0 Å². The van der Waals surface area contributed by atoms with Crippen molar-refractivity contribution in [3.05, 3.63) is 65.0 Å². The lowest BCUT2D eigenvalue weighted by Crippen LogP contribution is -2.28. The van der Waals surface area contributed by atoms with Crippen LogP contribution >= 0.6 is 0 Å². The molecule has 0 atom stereocenters. The number of hydrogen-bond donors (Lipinski definition) is 0. The minimum atomic E-state index is -0.0338. The first-order valence-electron chi connectivity index (χ1n) is 7.38. The zero-order chi connectivity index (χ0) is 15.0. The van der Waals surface area contributed by atoms with Gasteiger partial charge in [-0.1, -0.05) is 50.3 Å². The highest BCUT2D eigenvalue weighted by atomic mass is 16.5. The maximum atomic E-state index is 12.4. The first kappa shape index (κ1) is 13.9. The minimum Gasteiger partial charge on any atom is -0.460 e. The Morgan fingerprint density at radius 1 is 1.14 bits per heavy atom. The van der Waals surface area contributed by atoms with E-state index in [1.54, 1.807) is 0 Å². The molecule has 1 aliphatic heterocycles. The summed E-state index contributed by atoms with van der Waals surface area (Å²) in [7, 11) is 0. The van der Waals surface area contributed by atoms with Gasteiger partial charge in [-0.2, -0.15) is 0 Å². The molecule has 0 amide bonds. The highest BCUT2D eigenvalue weighted by Crippen LogP contribution is 2.44. The van der Waals surface area contributed by atoms with Crippen molar-refractivity contribution in [2.24, 2.45) is 5.41 Å². The fraction of sp³-hybridized carbons (Fsp3) is 0.316. The molecule has 0 saturated carbocycles. The van der Waals surface area contributed by atoms with E-state index in [2.05, 4.69) is 13.8 Å². The number of hydrogen-bond acceptors (Lipinski definition) is 2. The van der Waals surface area contributed by atoms with Crippen molar-refractivity contribution in [1.82, 2.24) is 0 Å². The molecule has 1 aromatic rings. The van der Waals surface area contributed by atoms with Gasteiger partial charge in [0.05, 0.1) is 5.57 Å². The highest BCUT2D eigenvalue weighted by Gasteiger charge is 2.37. The molecular weight excluding hydrogens is 260 g/mol. The Balaban J connectivity index is 2.04. The van der Waals surface area contributed by atoms with E-state index >= 15 is 0 Å². The smallest absolute Gasteiger partial charge is 0.167 e. The topological polar surface area (TPSA) is 26.3 Å². The van der Waals surface area contributed by atoms with Gasteiger partial charge >= 0.3 is 0 Å². The monoisotopic (exact) mass is 280 g/mol. The number of rotatable bonds is 1. The molecule has 0 spiro atoms. The van der Waals surface area contributed by atoms with E-state index in [0.717, 1.165) is 34.6 Å². The number of carbonyl (C=O) groups is 1. The average molecular weight is 280 g/mol. The molecule has 1 aromatic carbocycles. The first-order chi connectivity index (χ1) is 10.00. The number of ketones is 1. The number of ether oxygens (including phenoxy) is 1. The second kappa shape index (κ2) is 5.03. The Bertz CT molecular complexity index is 673. The van der Waals surface area contributed by atoms with Crippen molar-refractivity contribution in [2.45, 2.75) is 33.6 Å². The second-order valence-electron chi connectivity index (χ2n) is 6.46. The summed E-state index contributed by atoms with van der Waals surface area (Å²) in [4.78, 5) is 12.4. The molecule has 0 saturated heterocycles. The lowest BCUT2D eigenvalue weighted by Gasteiger charge is -2.34. The van der Waals surface area contributed by atoms with E-state index in [-0.39, 0.29) is 11.2 Å². The maximum Gasteiger partial charge on any atom is 0.167 e. The summed E-state index contributed by atoms with van der Waals surface area (Å²) in [5.41, 5.74) is 2.76. The standard InChI is InChI=1S/C19H20O2/c1-4-13-10-16(14-8-6-5-7-9-14)21-17-12-19(2,3)11-15(20)18(13)17/h4-10H,11-12H2,1-3H3. The third-order valence-corrected chi connectivity index (χ3v) is 4.01. The first-order valence-corrected chi connectivity index (χ1v) is 7.38. The van der Waals surface area contributed by atoms with E-state index in [9.17, 15) is 4.79 Å². The van der Waals surface area contributed by atoms with Crippen molar-refractivity contribution < 1.29 is 9.53 Å². The van der Waals surface area contributed by atoms with Crippen LogP contribution in [0.3, 0.4) is 0 Å². The van der Waals surface area contributed by atoms with Crippen molar-refractivity contribution in [1.29, 1.82) is 0 Å². The predicted molar refractivity (Wildman–Crippen MR) is 84.3 cm³/mol. The van der Waals surface area contributed by atoms with Gasteiger partial charge in [0.1, 0.15) is 11.5 Å². The lowest BCUT2D eigenvalue weighted by atomic mass is 9.74. The van der Waals surface area contributed by atoms with Crippen LogP contribution in [-0.2, 0) is 9.53 Å². The molecule has 1 aliphatic carbocycles. The van der Waals surface area contributed by atoms with Gasteiger partial charge in [-0.25, -0.2) is 0 Å². The van der Waals surface area contributed by atoms with Gasteiger partial charge in [0.15, 0.2) is 5.78 Å². The van der Waals surface area contributed by atoms with E-state index in [1.807, 2.05) is 49.4 Å². The maximum absolute atomic E-state index is 12.4. The van der Waals surface area contributed by atoms with Crippen LogP contribution in [0.5, 0.6) is 0 Å². The summed E-state index contributed by atoms with van der Waals surface area (Å²) >= 11 is 0. The van der Waals surface area contributed by atoms with E-state index in [0.29, 0.717) is 6.42 Å². The van der Waals surface area contributed by atoms with E-state index in [4.69, 9.17) is 4.74 Å². The number of Topliss-reactive ketones (excluding diaryl/α,β-unsaturated/α-hetero) is 1. The van der Waals surface area contributed by atoms with Gasteiger partial charge in [0.2, 0.25) is 0 Å². The molecule has 21 heavy (non-hydrogen) atoms. The zero-order valence-electron chi connectivity index (χ0n) is 12.8.